The monoisotopic (exact) mass is 414 g/mol. The SMILES string of the molecule is Cc1[nH]ncc1-c1nc2ccc3[nH]nc(-c4cn(CCO)nn4)c3c2c2c1CCCC2. The first kappa shape index (κ1) is 18.2. The maximum absolute atomic E-state index is 9.20. The topological polar surface area (TPSA) is 121 Å². The van der Waals surface area contributed by atoms with Gasteiger partial charge in [0.1, 0.15) is 11.4 Å². The minimum atomic E-state index is 0.0146. The number of H-pyrrole nitrogens is 2. The van der Waals surface area contributed by atoms with E-state index in [1.165, 1.54) is 11.1 Å². The molecule has 1 aliphatic rings. The minimum absolute atomic E-state index is 0.0146. The Morgan fingerprint density at radius 1 is 1.06 bits per heavy atom. The van der Waals surface area contributed by atoms with Crippen molar-refractivity contribution < 1.29 is 5.11 Å². The van der Waals surface area contributed by atoms with Gasteiger partial charge in [-0.1, -0.05) is 5.21 Å². The van der Waals surface area contributed by atoms with Crippen molar-refractivity contribution in [3.05, 3.63) is 41.3 Å². The van der Waals surface area contributed by atoms with Crippen molar-refractivity contribution in [3.63, 3.8) is 0 Å². The van der Waals surface area contributed by atoms with Crippen LogP contribution in [0, 0.1) is 6.92 Å². The predicted octanol–water partition coefficient (Wildman–Crippen LogP) is 2.94. The zero-order valence-electron chi connectivity index (χ0n) is 17.2. The number of nitrogens with zero attached hydrogens (tertiary/aromatic N) is 6. The van der Waals surface area contributed by atoms with Gasteiger partial charge in [0.15, 0.2) is 0 Å². The Kier molecular flexibility index (Phi) is 4.10. The van der Waals surface area contributed by atoms with Crippen LogP contribution in [0.3, 0.4) is 0 Å². The third kappa shape index (κ3) is 2.77. The Morgan fingerprint density at radius 2 is 1.94 bits per heavy atom. The molecule has 0 unspecified atom stereocenters. The Morgan fingerprint density at radius 3 is 2.74 bits per heavy atom. The van der Waals surface area contributed by atoms with E-state index in [1.54, 1.807) is 4.68 Å². The van der Waals surface area contributed by atoms with Crippen LogP contribution in [-0.2, 0) is 19.4 Å². The lowest BCUT2D eigenvalue weighted by molar-refractivity contribution is 0.268. The molecule has 0 radical (unpaired) electrons. The van der Waals surface area contributed by atoms with Crippen LogP contribution in [0.1, 0.15) is 29.7 Å². The second-order valence-corrected chi connectivity index (χ2v) is 8.08. The largest absolute Gasteiger partial charge is 0.394 e. The quantitative estimate of drug-likeness (QED) is 0.416. The van der Waals surface area contributed by atoms with Crippen molar-refractivity contribution in [2.75, 3.05) is 6.61 Å². The normalized spacial score (nSPS) is 13.9. The summed E-state index contributed by atoms with van der Waals surface area (Å²) >= 11 is 0. The Balaban J connectivity index is 1.66. The van der Waals surface area contributed by atoms with E-state index < -0.39 is 0 Å². The molecular weight excluding hydrogens is 392 g/mol. The van der Waals surface area contributed by atoms with Crippen LogP contribution in [0.5, 0.6) is 0 Å². The van der Waals surface area contributed by atoms with Gasteiger partial charge in [-0.3, -0.25) is 10.2 Å². The summed E-state index contributed by atoms with van der Waals surface area (Å²) in [6, 6.07) is 4.09. The molecule has 0 atom stereocenters. The first-order valence-corrected chi connectivity index (χ1v) is 10.6. The lowest BCUT2D eigenvalue weighted by Crippen LogP contribution is -2.08. The molecule has 0 saturated heterocycles. The predicted molar refractivity (Wildman–Crippen MR) is 116 cm³/mol. The highest BCUT2D eigenvalue weighted by molar-refractivity contribution is 6.13. The highest BCUT2D eigenvalue weighted by Crippen LogP contribution is 2.40. The molecule has 9 nitrogen and oxygen atoms in total. The lowest BCUT2D eigenvalue weighted by Gasteiger charge is -2.21. The Bertz CT molecular complexity index is 1430. The van der Waals surface area contributed by atoms with Gasteiger partial charge in [0, 0.05) is 22.0 Å². The number of rotatable bonds is 4. The Labute approximate surface area is 177 Å². The fourth-order valence-electron chi connectivity index (χ4n) is 4.75. The molecule has 1 aromatic carbocycles. The van der Waals surface area contributed by atoms with Gasteiger partial charge in [-0.25, -0.2) is 9.67 Å². The van der Waals surface area contributed by atoms with Crippen LogP contribution in [0.15, 0.2) is 24.5 Å². The Hall–Kier alpha value is -3.59. The van der Waals surface area contributed by atoms with Gasteiger partial charge in [-0.05, 0) is 55.9 Å². The number of aromatic amines is 2. The summed E-state index contributed by atoms with van der Waals surface area (Å²) in [5.74, 6) is 0. The van der Waals surface area contributed by atoms with Crippen LogP contribution in [0.4, 0.5) is 0 Å². The molecule has 0 aliphatic heterocycles. The van der Waals surface area contributed by atoms with Gasteiger partial charge < -0.3 is 5.11 Å². The maximum Gasteiger partial charge on any atom is 0.133 e. The van der Waals surface area contributed by atoms with E-state index in [0.717, 1.165) is 70.1 Å². The van der Waals surface area contributed by atoms with E-state index in [4.69, 9.17) is 4.98 Å². The first-order chi connectivity index (χ1) is 15.2. The van der Waals surface area contributed by atoms with Crippen molar-refractivity contribution in [1.82, 2.24) is 40.4 Å². The van der Waals surface area contributed by atoms with Crippen molar-refractivity contribution in [2.24, 2.45) is 0 Å². The number of pyridine rings is 1. The molecule has 31 heavy (non-hydrogen) atoms. The van der Waals surface area contributed by atoms with E-state index in [1.807, 2.05) is 25.4 Å². The van der Waals surface area contributed by atoms with Gasteiger partial charge in [0.05, 0.1) is 42.3 Å². The van der Waals surface area contributed by atoms with Gasteiger partial charge in [-0.15, -0.1) is 5.10 Å². The van der Waals surface area contributed by atoms with Crippen LogP contribution in [0.2, 0.25) is 0 Å². The van der Waals surface area contributed by atoms with E-state index in [0.29, 0.717) is 12.2 Å². The molecule has 3 N–H and O–H groups in total. The molecule has 4 heterocycles. The van der Waals surface area contributed by atoms with Gasteiger partial charge in [0.2, 0.25) is 0 Å². The van der Waals surface area contributed by atoms with Gasteiger partial charge in [0.25, 0.3) is 0 Å². The molecule has 156 valence electrons. The fraction of sp³-hybridized carbons (Fsp3) is 0.318. The second-order valence-electron chi connectivity index (χ2n) is 8.08. The summed E-state index contributed by atoms with van der Waals surface area (Å²) in [7, 11) is 0. The first-order valence-electron chi connectivity index (χ1n) is 10.6. The van der Waals surface area contributed by atoms with E-state index in [9.17, 15) is 5.11 Å². The number of benzene rings is 1. The number of fused-ring (bicyclic) bond motifs is 5. The van der Waals surface area contributed by atoms with Crippen molar-refractivity contribution in [2.45, 2.75) is 39.2 Å². The van der Waals surface area contributed by atoms with Crippen molar-refractivity contribution in [1.29, 1.82) is 0 Å². The zero-order chi connectivity index (χ0) is 20.9. The molecule has 0 amide bonds. The molecule has 0 spiro atoms. The van der Waals surface area contributed by atoms with Crippen molar-refractivity contribution in [3.8, 4) is 22.6 Å². The van der Waals surface area contributed by atoms with Crippen molar-refractivity contribution >= 4 is 21.8 Å². The number of hydrogen-bond acceptors (Lipinski definition) is 6. The van der Waals surface area contributed by atoms with Crippen LogP contribution in [0.25, 0.3) is 44.5 Å². The van der Waals surface area contributed by atoms with E-state index in [-0.39, 0.29) is 6.61 Å². The number of nitrogens with one attached hydrogen (secondary N) is 2. The summed E-state index contributed by atoms with van der Waals surface area (Å²) in [6.07, 6.45) is 8.04. The summed E-state index contributed by atoms with van der Waals surface area (Å²) < 4.78 is 1.63. The molecule has 4 aromatic heterocycles. The number of aliphatic hydroxyl groups is 1. The molecule has 0 fully saturated rings. The summed E-state index contributed by atoms with van der Waals surface area (Å²) in [4.78, 5) is 5.11. The van der Waals surface area contributed by atoms with Crippen LogP contribution < -0.4 is 0 Å². The number of hydrogen-bond donors (Lipinski definition) is 3. The second kappa shape index (κ2) is 6.98. The molecule has 0 saturated carbocycles. The standard InChI is InChI=1S/C22H22N8O/c1-12-15(10-23-25-12)21-14-5-3-2-4-13(14)19-16(24-21)6-7-17-20(19)22(28-26-17)18-11-30(8-9-31)29-27-18/h6-7,10-11,31H,2-5,8-9H2,1H3,(H,23,25)(H,26,28). The van der Waals surface area contributed by atoms with Crippen LogP contribution >= 0.6 is 0 Å². The third-order valence-electron chi connectivity index (χ3n) is 6.19. The molecule has 0 bridgehead atoms. The molecule has 1 aliphatic carbocycles. The van der Waals surface area contributed by atoms with Crippen LogP contribution in [-0.4, -0.2) is 52.1 Å². The number of aromatic nitrogens is 8. The summed E-state index contributed by atoms with van der Waals surface area (Å²) in [5, 5.41) is 34.8. The molecule has 9 heteroatoms. The smallest absolute Gasteiger partial charge is 0.133 e. The number of aliphatic hydroxyl groups excluding tert-OH is 1. The highest BCUT2D eigenvalue weighted by atomic mass is 16.3. The van der Waals surface area contributed by atoms with E-state index in [2.05, 4.69) is 36.8 Å². The van der Waals surface area contributed by atoms with Gasteiger partial charge >= 0.3 is 0 Å². The summed E-state index contributed by atoms with van der Waals surface area (Å²) in [5.41, 5.74) is 9.17. The van der Waals surface area contributed by atoms with Gasteiger partial charge in [-0.2, -0.15) is 10.2 Å². The average Bonchev–Trinajstić information content (AvgIpc) is 3.52. The fourth-order valence-corrected chi connectivity index (χ4v) is 4.75. The molecule has 6 rings (SSSR count). The summed E-state index contributed by atoms with van der Waals surface area (Å²) in [6.45, 7) is 2.46. The van der Waals surface area contributed by atoms with E-state index >= 15 is 0 Å². The molecule has 5 aromatic rings. The maximum atomic E-state index is 9.20. The molecular formula is C22H22N8O. The minimum Gasteiger partial charge on any atom is -0.394 e. The zero-order valence-corrected chi connectivity index (χ0v) is 17.2. The third-order valence-corrected chi connectivity index (χ3v) is 6.19. The highest BCUT2D eigenvalue weighted by Gasteiger charge is 2.24. The average molecular weight is 414 g/mol. The number of aryl methyl sites for hydroxylation is 2. The lowest BCUT2D eigenvalue weighted by atomic mass is 9.85.